The molecule has 1 amide bonds. The first kappa shape index (κ1) is 15.7. The highest BCUT2D eigenvalue weighted by atomic mass is 35.5. The molecule has 0 fully saturated rings. The number of halogens is 3. The van der Waals surface area contributed by atoms with E-state index in [9.17, 15) is 9.18 Å². The van der Waals surface area contributed by atoms with E-state index in [2.05, 4.69) is 5.32 Å². The molecule has 0 radical (unpaired) electrons. The molecule has 0 aromatic heterocycles. The minimum absolute atomic E-state index is 0.0573. The zero-order valence-electron chi connectivity index (χ0n) is 10.5. The molecule has 0 unspecified atom stereocenters. The fourth-order valence-electron chi connectivity index (χ4n) is 1.67. The van der Waals surface area contributed by atoms with Crippen molar-refractivity contribution in [1.29, 1.82) is 0 Å². The Morgan fingerprint density at radius 3 is 2.52 bits per heavy atom. The van der Waals surface area contributed by atoms with Crippen LogP contribution in [0.5, 0.6) is 0 Å². The lowest BCUT2D eigenvalue weighted by atomic mass is 10.1. The Hall–Kier alpha value is -1.69. The summed E-state index contributed by atoms with van der Waals surface area (Å²) in [6.45, 7) is 0. The number of anilines is 1. The Bertz CT molecular complexity index is 737. The summed E-state index contributed by atoms with van der Waals surface area (Å²) in [4.78, 5) is 12.2. The molecule has 0 bridgehead atoms. The van der Waals surface area contributed by atoms with E-state index in [0.29, 0.717) is 16.3 Å². The molecule has 3 nitrogen and oxygen atoms in total. The van der Waals surface area contributed by atoms with Gasteiger partial charge in [-0.2, -0.15) is 0 Å². The molecular formula is C14H9Cl2FN2OS. The number of nitrogens with one attached hydrogen (secondary N) is 1. The second-order valence-electron chi connectivity index (χ2n) is 4.14. The van der Waals surface area contributed by atoms with Crippen LogP contribution in [-0.2, 0) is 0 Å². The van der Waals surface area contributed by atoms with Crippen LogP contribution in [0.15, 0.2) is 36.4 Å². The van der Waals surface area contributed by atoms with E-state index in [1.165, 1.54) is 18.2 Å². The molecule has 2 rings (SSSR count). The molecule has 2 aromatic carbocycles. The van der Waals surface area contributed by atoms with Crippen molar-refractivity contribution in [3.05, 3.63) is 63.4 Å². The first-order valence-electron chi connectivity index (χ1n) is 5.74. The lowest BCUT2D eigenvalue weighted by Gasteiger charge is -2.11. The Balaban J connectivity index is 2.33. The molecule has 0 atom stereocenters. The number of carbonyl (C=O) groups excluding carboxylic acids is 1. The Morgan fingerprint density at radius 2 is 1.90 bits per heavy atom. The first-order chi connectivity index (χ1) is 9.88. The van der Waals surface area contributed by atoms with Crippen molar-refractivity contribution < 1.29 is 9.18 Å². The molecule has 0 aliphatic rings. The van der Waals surface area contributed by atoms with Crippen LogP contribution in [-0.4, -0.2) is 10.9 Å². The molecule has 21 heavy (non-hydrogen) atoms. The van der Waals surface area contributed by atoms with Crippen LogP contribution in [0.25, 0.3) is 0 Å². The lowest BCUT2D eigenvalue weighted by Crippen LogP contribution is -2.17. The quantitative estimate of drug-likeness (QED) is 0.828. The average molecular weight is 343 g/mol. The largest absolute Gasteiger partial charge is 0.389 e. The maximum Gasteiger partial charge on any atom is 0.255 e. The second-order valence-corrected chi connectivity index (χ2v) is 5.42. The number of nitrogens with two attached hydrogens (primary N) is 1. The molecule has 2 aromatic rings. The number of hydrogen-bond acceptors (Lipinski definition) is 2. The SMILES string of the molecule is NC(=S)c1ccc(Cl)cc1NC(=O)c1ccc(Cl)c(F)c1. The second kappa shape index (κ2) is 6.39. The summed E-state index contributed by atoms with van der Waals surface area (Å²) in [7, 11) is 0. The number of carbonyl (C=O) groups is 1. The van der Waals surface area contributed by atoms with Crippen molar-refractivity contribution in [2.24, 2.45) is 5.73 Å². The van der Waals surface area contributed by atoms with Gasteiger partial charge in [-0.05, 0) is 36.4 Å². The highest BCUT2D eigenvalue weighted by Gasteiger charge is 2.13. The van der Waals surface area contributed by atoms with Crippen molar-refractivity contribution in [3.63, 3.8) is 0 Å². The van der Waals surface area contributed by atoms with Gasteiger partial charge in [-0.15, -0.1) is 0 Å². The molecule has 0 saturated carbocycles. The highest BCUT2D eigenvalue weighted by molar-refractivity contribution is 7.80. The molecule has 108 valence electrons. The fourth-order valence-corrected chi connectivity index (χ4v) is 2.13. The molecule has 0 heterocycles. The van der Waals surface area contributed by atoms with Crippen LogP contribution < -0.4 is 11.1 Å². The highest BCUT2D eigenvalue weighted by Crippen LogP contribution is 2.22. The molecule has 3 N–H and O–H groups in total. The zero-order valence-corrected chi connectivity index (χ0v) is 12.8. The molecule has 0 spiro atoms. The Labute approximate surface area is 135 Å². The third kappa shape index (κ3) is 3.69. The van der Waals surface area contributed by atoms with E-state index in [1.807, 2.05) is 0 Å². The van der Waals surface area contributed by atoms with Gasteiger partial charge in [0.05, 0.1) is 10.7 Å². The van der Waals surface area contributed by atoms with E-state index >= 15 is 0 Å². The van der Waals surface area contributed by atoms with Crippen LogP contribution in [0, 0.1) is 5.82 Å². The summed E-state index contributed by atoms with van der Waals surface area (Å²) in [5.74, 6) is -1.20. The van der Waals surface area contributed by atoms with Gasteiger partial charge in [-0.3, -0.25) is 4.79 Å². The molecule has 0 aliphatic heterocycles. The van der Waals surface area contributed by atoms with Crippen molar-refractivity contribution >= 4 is 52.0 Å². The van der Waals surface area contributed by atoms with Gasteiger partial charge < -0.3 is 11.1 Å². The smallest absolute Gasteiger partial charge is 0.255 e. The van der Waals surface area contributed by atoms with Gasteiger partial charge in [-0.1, -0.05) is 35.4 Å². The van der Waals surface area contributed by atoms with Gasteiger partial charge in [0.2, 0.25) is 0 Å². The summed E-state index contributed by atoms with van der Waals surface area (Å²) >= 11 is 16.4. The monoisotopic (exact) mass is 342 g/mol. The van der Waals surface area contributed by atoms with Gasteiger partial charge in [0.1, 0.15) is 10.8 Å². The van der Waals surface area contributed by atoms with Gasteiger partial charge in [0.25, 0.3) is 5.91 Å². The topological polar surface area (TPSA) is 55.1 Å². The van der Waals surface area contributed by atoms with E-state index < -0.39 is 11.7 Å². The predicted octanol–water partition coefficient (Wildman–Crippen LogP) is 4.02. The number of thiocarbonyl (C=S) groups is 1. The minimum atomic E-state index is -0.676. The summed E-state index contributed by atoms with van der Waals surface area (Å²) in [6, 6.07) is 8.48. The number of benzene rings is 2. The zero-order chi connectivity index (χ0) is 15.6. The van der Waals surface area contributed by atoms with Crippen LogP contribution in [0.4, 0.5) is 10.1 Å². The number of rotatable bonds is 3. The first-order valence-corrected chi connectivity index (χ1v) is 6.90. The third-order valence-corrected chi connectivity index (χ3v) is 3.44. The van der Waals surface area contributed by atoms with Crippen LogP contribution in [0.1, 0.15) is 15.9 Å². The van der Waals surface area contributed by atoms with Gasteiger partial charge in [-0.25, -0.2) is 4.39 Å². The van der Waals surface area contributed by atoms with Crippen LogP contribution in [0.3, 0.4) is 0 Å². The summed E-state index contributed by atoms with van der Waals surface area (Å²) in [5, 5.41) is 2.95. The Kier molecular flexibility index (Phi) is 4.77. The predicted molar refractivity (Wildman–Crippen MR) is 86.7 cm³/mol. The van der Waals surface area contributed by atoms with Gasteiger partial charge >= 0.3 is 0 Å². The average Bonchev–Trinajstić information content (AvgIpc) is 2.41. The normalized spacial score (nSPS) is 10.2. The van der Waals surface area contributed by atoms with Gasteiger partial charge in [0, 0.05) is 16.1 Å². The molecule has 0 saturated heterocycles. The number of amides is 1. The lowest BCUT2D eigenvalue weighted by molar-refractivity contribution is 0.102. The van der Waals surface area contributed by atoms with E-state index in [-0.39, 0.29) is 15.6 Å². The molecular weight excluding hydrogens is 334 g/mol. The summed E-state index contributed by atoms with van der Waals surface area (Å²) in [5.41, 5.74) is 6.53. The fraction of sp³-hybridized carbons (Fsp3) is 0. The van der Waals surface area contributed by atoms with Gasteiger partial charge in [0.15, 0.2) is 0 Å². The molecule has 7 heteroatoms. The minimum Gasteiger partial charge on any atom is -0.389 e. The van der Waals surface area contributed by atoms with Crippen molar-refractivity contribution in [2.75, 3.05) is 5.32 Å². The van der Waals surface area contributed by atoms with E-state index in [4.69, 9.17) is 41.2 Å². The van der Waals surface area contributed by atoms with Crippen LogP contribution in [0.2, 0.25) is 10.0 Å². The van der Waals surface area contributed by atoms with Crippen molar-refractivity contribution in [3.8, 4) is 0 Å². The van der Waals surface area contributed by atoms with E-state index in [1.54, 1.807) is 12.1 Å². The molecule has 0 aliphatic carbocycles. The van der Waals surface area contributed by atoms with Crippen LogP contribution >= 0.6 is 35.4 Å². The Morgan fingerprint density at radius 1 is 1.19 bits per heavy atom. The standard InChI is InChI=1S/C14H9Cl2FN2OS/c15-8-2-3-9(13(18)21)12(6-8)19-14(20)7-1-4-10(16)11(17)5-7/h1-6H,(H2,18,21)(H,19,20). The maximum absolute atomic E-state index is 13.4. The van der Waals surface area contributed by atoms with E-state index in [0.717, 1.165) is 6.07 Å². The summed E-state index contributed by atoms with van der Waals surface area (Å²) < 4.78 is 13.4. The third-order valence-electron chi connectivity index (χ3n) is 2.68. The van der Waals surface area contributed by atoms with Crippen molar-refractivity contribution in [1.82, 2.24) is 0 Å². The maximum atomic E-state index is 13.4. The van der Waals surface area contributed by atoms with Crippen molar-refractivity contribution in [2.45, 2.75) is 0 Å². The summed E-state index contributed by atoms with van der Waals surface area (Å²) in [6.07, 6.45) is 0. The number of hydrogen-bond donors (Lipinski definition) is 2.